The number of hydrogen-bond acceptors (Lipinski definition) is 7. The zero-order valence-corrected chi connectivity index (χ0v) is 16.6. The van der Waals surface area contributed by atoms with Crippen molar-refractivity contribution in [3.8, 4) is 0 Å². The molecule has 0 bridgehead atoms. The Hall–Kier alpha value is 0.680. The van der Waals surface area contributed by atoms with E-state index in [1.165, 1.54) is 13.8 Å². The summed E-state index contributed by atoms with van der Waals surface area (Å²) >= 11 is 29.2. The first-order valence-corrected chi connectivity index (χ1v) is 8.86. The Morgan fingerprint density at radius 1 is 1.20 bits per heavy atom. The second kappa shape index (κ2) is 6.93. The molecule has 2 saturated heterocycles. The van der Waals surface area contributed by atoms with Gasteiger partial charge >= 0.3 is 5.97 Å². The van der Waals surface area contributed by atoms with Crippen LogP contribution in [0.4, 0.5) is 0 Å². The first-order chi connectivity index (χ1) is 11.2. The quantitative estimate of drug-likeness (QED) is 0.537. The van der Waals surface area contributed by atoms with Gasteiger partial charge in [-0.2, -0.15) is 0 Å². The van der Waals surface area contributed by atoms with Crippen LogP contribution >= 0.6 is 58.0 Å². The van der Waals surface area contributed by atoms with Crippen LogP contribution in [0.15, 0.2) is 0 Å². The van der Waals surface area contributed by atoms with Gasteiger partial charge in [-0.3, -0.25) is 0 Å². The van der Waals surface area contributed by atoms with Crippen molar-refractivity contribution in [1.29, 1.82) is 0 Å². The van der Waals surface area contributed by atoms with Crippen LogP contribution in [-0.2, 0) is 23.7 Å². The number of alkyl halides is 5. The second-order valence-electron chi connectivity index (χ2n) is 5.93. The highest BCUT2D eigenvalue weighted by atomic mass is 35.6. The molecule has 2 fully saturated rings. The molecule has 0 aromatic rings. The van der Waals surface area contributed by atoms with Crippen molar-refractivity contribution in [1.82, 2.24) is 0 Å². The van der Waals surface area contributed by atoms with Crippen LogP contribution in [0.5, 0.6) is 0 Å². The van der Waals surface area contributed by atoms with E-state index in [1.54, 1.807) is 0 Å². The molecular weight excluding hydrogens is 449 g/mol. The van der Waals surface area contributed by atoms with Gasteiger partial charge in [0.05, 0.1) is 6.61 Å². The van der Waals surface area contributed by atoms with Crippen LogP contribution < -0.4 is 0 Å². The minimum Gasteiger partial charge on any atom is -0.477 e. The number of aliphatic hydroxyl groups excluding tert-OH is 1. The first-order valence-electron chi connectivity index (χ1n) is 6.85. The van der Waals surface area contributed by atoms with Crippen LogP contribution in [0.2, 0.25) is 0 Å². The molecule has 0 amide bonds. The molecule has 0 spiro atoms. The lowest BCUT2D eigenvalue weighted by atomic mass is 10.0. The van der Waals surface area contributed by atoms with E-state index in [4.69, 9.17) is 77.0 Å². The number of carboxylic acids is 1. The average molecular weight is 465 g/mol. The minimum atomic E-state index is -2.82. The van der Waals surface area contributed by atoms with Crippen molar-refractivity contribution in [2.45, 2.75) is 58.1 Å². The van der Waals surface area contributed by atoms with Gasteiger partial charge in [0.1, 0.15) is 12.2 Å². The number of ether oxygens (including phenoxy) is 4. The number of carboxylic acid groups (broad SMARTS) is 1. The summed E-state index contributed by atoms with van der Waals surface area (Å²) in [6.45, 7) is 2.04. The van der Waals surface area contributed by atoms with Gasteiger partial charge < -0.3 is 34.3 Å². The second-order valence-corrected chi connectivity index (χ2v) is 9.31. The van der Waals surface area contributed by atoms with Gasteiger partial charge in [0, 0.05) is 0 Å². The molecule has 146 valence electrons. The largest absolute Gasteiger partial charge is 0.477 e. The van der Waals surface area contributed by atoms with Gasteiger partial charge in [-0.15, -0.1) is 0 Å². The smallest absolute Gasteiger partial charge is 0.367 e. The maximum Gasteiger partial charge on any atom is 0.367 e. The summed E-state index contributed by atoms with van der Waals surface area (Å²) in [5, 5.41) is 29.3. The van der Waals surface area contributed by atoms with Gasteiger partial charge in [-0.1, -0.05) is 58.0 Å². The normalized spacial score (nSPS) is 41.4. The van der Waals surface area contributed by atoms with E-state index in [2.05, 4.69) is 0 Å². The lowest BCUT2D eigenvalue weighted by Gasteiger charge is -2.35. The van der Waals surface area contributed by atoms with Gasteiger partial charge in [0.15, 0.2) is 16.7 Å². The molecule has 0 radical (unpaired) electrons. The molecule has 2 aliphatic rings. The number of carbonyl (C=O) groups is 1. The highest BCUT2D eigenvalue weighted by Gasteiger charge is 2.70. The highest BCUT2D eigenvalue weighted by Crippen LogP contribution is 2.53. The third-order valence-corrected chi connectivity index (χ3v) is 5.03. The van der Waals surface area contributed by atoms with E-state index in [9.17, 15) is 20.1 Å². The lowest BCUT2D eigenvalue weighted by Crippen LogP contribution is -2.56. The Balaban J connectivity index is 2.45. The molecule has 13 heteroatoms. The molecule has 25 heavy (non-hydrogen) atoms. The van der Waals surface area contributed by atoms with Crippen molar-refractivity contribution in [2.75, 3.05) is 6.61 Å². The number of halogens is 5. The number of aliphatic hydroxyl groups is 2. The fourth-order valence-corrected chi connectivity index (χ4v) is 4.12. The minimum absolute atomic E-state index is 0.705. The predicted molar refractivity (Wildman–Crippen MR) is 88.0 cm³/mol. The Bertz CT molecular complexity index is 540. The third kappa shape index (κ3) is 3.69. The summed E-state index contributed by atoms with van der Waals surface area (Å²) < 4.78 is 19.2. The summed E-state index contributed by atoms with van der Waals surface area (Å²) in [6, 6.07) is 0. The van der Waals surface area contributed by atoms with Gasteiger partial charge in [0.2, 0.25) is 9.58 Å². The van der Waals surface area contributed by atoms with E-state index in [0.717, 1.165) is 0 Å². The summed E-state index contributed by atoms with van der Waals surface area (Å²) in [6.07, 6.45) is -4.38. The maximum absolute atomic E-state index is 11.5. The van der Waals surface area contributed by atoms with Gasteiger partial charge in [-0.25, -0.2) is 4.79 Å². The predicted octanol–water partition coefficient (Wildman–Crippen LogP) is 1.56. The standard InChI is InChI=1S/C12H15Cl5O8/c1-9(2)24-6(10(21,25-9)8(19)20)5-4(3-18)22-11(23-5,7(13)14)12(15,16)17/h4-7,18,21H,3H2,1-2H3,(H,19,20)/t4-,5-,6+,10-,11?/m1/s1. The molecule has 2 heterocycles. The Labute approximate surface area is 167 Å². The van der Waals surface area contributed by atoms with E-state index in [-0.39, 0.29) is 0 Å². The summed E-state index contributed by atoms with van der Waals surface area (Å²) in [7, 11) is 0. The van der Waals surface area contributed by atoms with Crippen LogP contribution in [0.3, 0.4) is 0 Å². The van der Waals surface area contributed by atoms with Gasteiger partial charge in [0.25, 0.3) is 5.79 Å². The monoisotopic (exact) mass is 462 g/mol. The molecule has 1 unspecified atom stereocenters. The van der Waals surface area contributed by atoms with E-state index < -0.39 is 56.9 Å². The van der Waals surface area contributed by atoms with E-state index in [0.29, 0.717) is 0 Å². The molecule has 3 N–H and O–H groups in total. The van der Waals surface area contributed by atoms with Crippen LogP contribution in [0, 0.1) is 0 Å². The van der Waals surface area contributed by atoms with Crippen LogP contribution in [0.1, 0.15) is 13.8 Å². The maximum atomic E-state index is 11.5. The molecule has 2 aliphatic heterocycles. The highest BCUT2D eigenvalue weighted by molar-refractivity contribution is 6.69. The van der Waals surface area contributed by atoms with Crippen molar-refractivity contribution in [3.63, 3.8) is 0 Å². The van der Waals surface area contributed by atoms with Crippen molar-refractivity contribution < 1.29 is 39.1 Å². The zero-order valence-electron chi connectivity index (χ0n) is 12.8. The fourth-order valence-electron chi connectivity index (χ4n) is 2.65. The molecule has 5 atom stereocenters. The van der Waals surface area contributed by atoms with Gasteiger partial charge in [-0.05, 0) is 13.8 Å². The number of rotatable bonds is 4. The summed E-state index contributed by atoms with van der Waals surface area (Å²) in [5.41, 5.74) is 0. The molecule has 2 rings (SSSR count). The van der Waals surface area contributed by atoms with E-state index >= 15 is 0 Å². The Morgan fingerprint density at radius 3 is 2.16 bits per heavy atom. The first kappa shape index (κ1) is 22.0. The topological polar surface area (TPSA) is 115 Å². The van der Waals surface area contributed by atoms with Crippen LogP contribution in [0.25, 0.3) is 0 Å². The summed E-state index contributed by atoms with van der Waals surface area (Å²) in [5.74, 6) is -8.31. The van der Waals surface area contributed by atoms with Crippen molar-refractivity contribution in [2.24, 2.45) is 0 Å². The number of hydrogen-bond donors (Lipinski definition) is 3. The Morgan fingerprint density at radius 2 is 1.76 bits per heavy atom. The molecular formula is C12H15Cl5O8. The SMILES string of the molecule is CC1(C)O[C@@H]([C@@H]2OC(C(Cl)Cl)(C(Cl)(Cl)Cl)O[C@@H]2CO)[C@](O)(C(=O)O)O1. The zero-order chi connectivity index (χ0) is 19.4. The molecule has 0 aromatic carbocycles. The molecule has 0 aromatic heterocycles. The number of aliphatic carboxylic acids is 1. The lowest BCUT2D eigenvalue weighted by molar-refractivity contribution is -0.243. The Kier molecular flexibility index (Phi) is 6.09. The van der Waals surface area contributed by atoms with Crippen molar-refractivity contribution in [3.05, 3.63) is 0 Å². The molecule has 0 aliphatic carbocycles. The molecule has 8 nitrogen and oxygen atoms in total. The van der Waals surface area contributed by atoms with E-state index in [1.807, 2.05) is 0 Å². The van der Waals surface area contributed by atoms with Crippen molar-refractivity contribution >= 4 is 64.0 Å². The summed E-state index contributed by atoms with van der Waals surface area (Å²) in [4.78, 5) is 9.97. The van der Waals surface area contributed by atoms with Crippen LogP contribution in [-0.4, -0.2) is 72.2 Å². The third-order valence-electron chi connectivity index (χ3n) is 3.67. The molecule has 0 saturated carbocycles. The average Bonchev–Trinajstić information content (AvgIpc) is 2.94. The fraction of sp³-hybridized carbons (Fsp3) is 0.917.